The number of hydrogen-bond acceptors (Lipinski definition) is 5. The summed E-state index contributed by atoms with van der Waals surface area (Å²) in [6.07, 6.45) is 0. The van der Waals surface area contributed by atoms with Gasteiger partial charge in [0.2, 0.25) is 0 Å². The van der Waals surface area contributed by atoms with E-state index < -0.39 is 0 Å². The molecule has 1 aromatic heterocycles. The number of carbonyl (C=O) groups is 2. The molecule has 7 nitrogen and oxygen atoms in total. The zero-order chi connectivity index (χ0) is 19.1. The number of para-hydroxylation sites is 2. The van der Waals surface area contributed by atoms with Gasteiger partial charge in [0.15, 0.2) is 0 Å². The first-order valence-electron chi connectivity index (χ1n) is 8.89. The number of thiophene rings is 1. The minimum atomic E-state index is -0.259. The van der Waals surface area contributed by atoms with E-state index in [0.29, 0.717) is 31.1 Å². The highest BCUT2D eigenvalue weighted by Crippen LogP contribution is 2.22. The molecule has 144 valence electrons. The van der Waals surface area contributed by atoms with Gasteiger partial charge < -0.3 is 20.3 Å². The number of hydrogen-bond donors (Lipinski definition) is 2. The number of nitrogens with zero attached hydrogens (tertiary/aromatic N) is 2. The van der Waals surface area contributed by atoms with Crippen LogP contribution in [0.2, 0.25) is 0 Å². The van der Waals surface area contributed by atoms with Crippen LogP contribution in [-0.2, 0) is 0 Å². The molecule has 1 fully saturated rings. The Kier molecular flexibility index (Phi) is 6.67. The van der Waals surface area contributed by atoms with E-state index in [1.807, 2.05) is 33.9 Å². The van der Waals surface area contributed by atoms with Crippen molar-refractivity contribution in [3.05, 3.63) is 46.7 Å². The number of ether oxygens (including phenoxy) is 1. The molecule has 1 saturated heterocycles. The Bertz CT molecular complexity index is 758. The first-order valence-corrected chi connectivity index (χ1v) is 9.83. The monoisotopic (exact) mass is 388 g/mol. The van der Waals surface area contributed by atoms with Crippen LogP contribution in [0.1, 0.15) is 10.4 Å². The van der Waals surface area contributed by atoms with Gasteiger partial charge in [0, 0.05) is 44.6 Å². The second-order valence-electron chi connectivity index (χ2n) is 6.23. The number of urea groups is 1. The lowest BCUT2D eigenvalue weighted by atomic mass is 10.2. The molecule has 0 aliphatic carbocycles. The number of anilines is 1. The Morgan fingerprint density at radius 3 is 2.63 bits per heavy atom. The van der Waals surface area contributed by atoms with E-state index in [1.54, 1.807) is 19.2 Å². The van der Waals surface area contributed by atoms with Gasteiger partial charge in [-0.05, 0) is 23.6 Å². The van der Waals surface area contributed by atoms with Gasteiger partial charge in [0.1, 0.15) is 5.75 Å². The molecule has 1 aromatic carbocycles. The molecule has 0 bridgehead atoms. The maximum Gasteiger partial charge on any atom is 0.319 e. The summed E-state index contributed by atoms with van der Waals surface area (Å²) in [5.41, 5.74) is 1.40. The molecule has 27 heavy (non-hydrogen) atoms. The van der Waals surface area contributed by atoms with Crippen molar-refractivity contribution in [2.75, 3.05) is 51.7 Å². The predicted molar refractivity (Wildman–Crippen MR) is 107 cm³/mol. The van der Waals surface area contributed by atoms with Crippen molar-refractivity contribution >= 4 is 29.0 Å². The van der Waals surface area contributed by atoms with Gasteiger partial charge in [0.25, 0.3) is 5.91 Å². The van der Waals surface area contributed by atoms with Crippen molar-refractivity contribution in [1.82, 2.24) is 15.1 Å². The predicted octanol–water partition coefficient (Wildman–Crippen LogP) is 2.34. The second-order valence-corrected chi connectivity index (χ2v) is 7.01. The van der Waals surface area contributed by atoms with Crippen molar-refractivity contribution in [2.45, 2.75) is 0 Å². The van der Waals surface area contributed by atoms with Crippen LogP contribution in [-0.4, -0.2) is 68.1 Å². The Labute approximate surface area is 162 Å². The molecule has 0 unspecified atom stereocenters. The second kappa shape index (κ2) is 9.38. The van der Waals surface area contributed by atoms with Crippen LogP contribution < -0.4 is 15.4 Å². The van der Waals surface area contributed by atoms with E-state index in [1.165, 1.54) is 11.3 Å². The Hall–Kier alpha value is -2.58. The largest absolute Gasteiger partial charge is 0.495 e. The average Bonchev–Trinajstić information content (AvgIpc) is 3.23. The maximum atomic E-state index is 12.3. The molecule has 1 aliphatic rings. The van der Waals surface area contributed by atoms with E-state index in [2.05, 4.69) is 15.5 Å². The van der Waals surface area contributed by atoms with Gasteiger partial charge in [-0.15, -0.1) is 0 Å². The summed E-state index contributed by atoms with van der Waals surface area (Å²) in [6.45, 7) is 4.33. The standard InChI is InChI=1S/C19H24N4O3S/c1-26-17-5-3-2-4-16(17)21-19(25)20-7-8-22-9-11-23(12-10-22)18(24)15-6-13-27-14-15/h2-6,13-14H,7-12H2,1H3,(H2,20,21,25). The Morgan fingerprint density at radius 2 is 1.93 bits per heavy atom. The van der Waals surface area contributed by atoms with Gasteiger partial charge in [0.05, 0.1) is 18.4 Å². The molecule has 0 spiro atoms. The zero-order valence-electron chi connectivity index (χ0n) is 15.3. The van der Waals surface area contributed by atoms with Gasteiger partial charge in [-0.1, -0.05) is 12.1 Å². The average molecular weight is 388 g/mol. The normalized spacial score (nSPS) is 14.6. The molecule has 1 aliphatic heterocycles. The summed E-state index contributed by atoms with van der Waals surface area (Å²) < 4.78 is 5.22. The van der Waals surface area contributed by atoms with Gasteiger partial charge >= 0.3 is 6.03 Å². The SMILES string of the molecule is COc1ccccc1NC(=O)NCCN1CCN(C(=O)c2ccsc2)CC1. The number of amides is 3. The molecule has 0 atom stereocenters. The Balaban J connectivity index is 1.36. The van der Waals surface area contributed by atoms with E-state index in [-0.39, 0.29) is 11.9 Å². The van der Waals surface area contributed by atoms with Crippen LogP contribution in [0.25, 0.3) is 0 Å². The molecule has 3 amide bonds. The van der Waals surface area contributed by atoms with Crippen LogP contribution in [0.4, 0.5) is 10.5 Å². The van der Waals surface area contributed by atoms with Gasteiger partial charge in [-0.2, -0.15) is 11.3 Å². The van der Waals surface area contributed by atoms with Crippen LogP contribution in [0, 0.1) is 0 Å². The fraction of sp³-hybridized carbons (Fsp3) is 0.368. The molecular weight excluding hydrogens is 364 g/mol. The summed E-state index contributed by atoms with van der Waals surface area (Å²) in [5.74, 6) is 0.726. The van der Waals surface area contributed by atoms with E-state index in [4.69, 9.17) is 4.74 Å². The first-order chi connectivity index (χ1) is 13.2. The fourth-order valence-electron chi connectivity index (χ4n) is 2.99. The number of nitrogens with one attached hydrogen (secondary N) is 2. The van der Waals surface area contributed by atoms with E-state index in [9.17, 15) is 9.59 Å². The molecule has 8 heteroatoms. The van der Waals surface area contributed by atoms with Crippen molar-refractivity contribution in [3.63, 3.8) is 0 Å². The van der Waals surface area contributed by atoms with Crippen LogP contribution in [0.15, 0.2) is 41.1 Å². The van der Waals surface area contributed by atoms with Crippen molar-refractivity contribution < 1.29 is 14.3 Å². The molecule has 2 heterocycles. The maximum absolute atomic E-state index is 12.3. The van der Waals surface area contributed by atoms with E-state index in [0.717, 1.165) is 25.2 Å². The summed E-state index contributed by atoms with van der Waals surface area (Å²) >= 11 is 1.54. The first kappa shape index (κ1) is 19.2. The lowest BCUT2D eigenvalue weighted by Gasteiger charge is -2.34. The Morgan fingerprint density at radius 1 is 1.15 bits per heavy atom. The van der Waals surface area contributed by atoms with Crippen LogP contribution in [0.5, 0.6) is 5.75 Å². The molecule has 2 N–H and O–H groups in total. The summed E-state index contributed by atoms with van der Waals surface area (Å²) in [4.78, 5) is 28.5. The van der Waals surface area contributed by atoms with E-state index >= 15 is 0 Å². The molecule has 3 rings (SSSR count). The lowest BCUT2D eigenvalue weighted by molar-refractivity contribution is 0.0640. The quantitative estimate of drug-likeness (QED) is 0.797. The molecule has 0 saturated carbocycles. The number of benzene rings is 1. The van der Waals surface area contributed by atoms with Crippen molar-refractivity contribution in [2.24, 2.45) is 0 Å². The molecular formula is C19H24N4O3S. The van der Waals surface area contributed by atoms with Crippen LogP contribution >= 0.6 is 11.3 Å². The third-order valence-electron chi connectivity index (χ3n) is 4.50. The van der Waals surface area contributed by atoms with Gasteiger partial charge in [-0.25, -0.2) is 4.79 Å². The highest BCUT2D eigenvalue weighted by molar-refractivity contribution is 7.08. The number of rotatable bonds is 6. The smallest absolute Gasteiger partial charge is 0.319 e. The highest BCUT2D eigenvalue weighted by atomic mass is 32.1. The minimum Gasteiger partial charge on any atom is -0.495 e. The fourth-order valence-corrected chi connectivity index (χ4v) is 3.61. The third-order valence-corrected chi connectivity index (χ3v) is 5.18. The van der Waals surface area contributed by atoms with Crippen molar-refractivity contribution in [1.29, 1.82) is 0 Å². The zero-order valence-corrected chi connectivity index (χ0v) is 16.1. The summed E-state index contributed by atoms with van der Waals surface area (Å²) in [7, 11) is 1.57. The lowest BCUT2D eigenvalue weighted by Crippen LogP contribution is -2.50. The summed E-state index contributed by atoms with van der Waals surface area (Å²) in [5, 5.41) is 9.46. The minimum absolute atomic E-state index is 0.102. The highest BCUT2D eigenvalue weighted by Gasteiger charge is 2.22. The number of carbonyl (C=O) groups excluding carboxylic acids is 2. The number of methoxy groups -OCH3 is 1. The third kappa shape index (κ3) is 5.21. The van der Waals surface area contributed by atoms with Crippen molar-refractivity contribution in [3.8, 4) is 5.75 Å². The van der Waals surface area contributed by atoms with Gasteiger partial charge in [-0.3, -0.25) is 9.69 Å². The molecule has 0 radical (unpaired) electrons. The number of piperazine rings is 1. The van der Waals surface area contributed by atoms with Crippen LogP contribution in [0.3, 0.4) is 0 Å². The summed E-state index contributed by atoms with van der Waals surface area (Å²) in [6, 6.07) is 8.89. The molecule has 2 aromatic rings. The topological polar surface area (TPSA) is 73.9 Å².